The molecule has 0 radical (unpaired) electrons. The van der Waals surface area contributed by atoms with Gasteiger partial charge in [0.15, 0.2) is 0 Å². The molecule has 78 valence electrons. The number of rotatable bonds is 3. The minimum Gasteiger partial charge on any atom is -0.497 e. The Labute approximate surface area is 90.9 Å². The Morgan fingerprint density at radius 1 is 1.50 bits per heavy atom. The summed E-state index contributed by atoms with van der Waals surface area (Å²) in [6, 6.07) is 8.28. The summed E-state index contributed by atoms with van der Waals surface area (Å²) in [5.74, 6) is 2.33. The molecule has 0 spiro atoms. The van der Waals surface area contributed by atoms with Crippen LogP contribution in [0.4, 0.5) is 0 Å². The van der Waals surface area contributed by atoms with Gasteiger partial charge in [-0.1, -0.05) is 12.1 Å². The lowest BCUT2D eigenvalue weighted by Crippen LogP contribution is -2.01. The molecule has 0 unspecified atom stereocenters. The fourth-order valence-corrected chi connectivity index (χ4v) is 1.79. The van der Waals surface area contributed by atoms with E-state index in [9.17, 15) is 0 Å². The highest BCUT2D eigenvalue weighted by atomic mass is 35.5. The Hall–Kier alpha value is -0.730. The van der Waals surface area contributed by atoms with E-state index in [0.29, 0.717) is 11.8 Å². The van der Waals surface area contributed by atoms with Crippen LogP contribution in [0.2, 0.25) is 0 Å². The summed E-state index contributed by atoms with van der Waals surface area (Å²) in [6.45, 7) is 0.807. The summed E-state index contributed by atoms with van der Waals surface area (Å²) in [6.07, 6.45) is 1.24. The summed E-state index contributed by atoms with van der Waals surface area (Å²) >= 11 is 0. The van der Waals surface area contributed by atoms with Crippen LogP contribution in [0, 0.1) is 5.92 Å². The minimum atomic E-state index is 0. The van der Waals surface area contributed by atoms with Gasteiger partial charge in [-0.2, -0.15) is 0 Å². The van der Waals surface area contributed by atoms with Gasteiger partial charge in [0.2, 0.25) is 0 Å². The third kappa shape index (κ3) is 2.20. The van der Waals surface area contributed by atoms with Crippen molar-refractivity contribution in [3.05, 3.63) is 29.8 Å². The van der Waals surface area contributed by atoms with Crippen molar-refractivity contribution in [1.82, 2.24) is 0 Å². The number of nitrogens with two attached hydrogens (primary N) is 1. The molecule has 0 bridgehead atoms. The first-order chi connectivity index (χ1) is 6.35. The second-order valence-corrected chi connectivity index (χ2v) is 3.61. The van der Waals surface area contributed by atoms with Crippen molar-refractivity contribution in [1.29, 1.82) is 0 Å². The molecule has 2 atom stereocenters. The first-order valence-corrected chi connectivity index (χ1v) is 4.69. The van der Waals surface area contributed by atoms with E-state index in [1.807, 2.05) is 12.1 Å². The number of hydrogen-bond acceptors (Lipinski definition) is 2. The average molecular weight is 214 g/mol. The van der Waals surface area contributed by atoms with Crippen molar-refractivity contribution in [2.45, 2.75) is 12.3 Å². The van der Waals surface area contributed by atoms with Crippen LogP contribution in [0.25, 0.3) is 0 Å². The normalized spacial score (nSPS) is 23.9. The van der Waals surface area contributed by atoms with Crippen molar-refractivity contribution < 1.29 is 4.74 Å². The predicted octanol–water partition coefficient (Wildman–Crippen LogP) is 2.18. The van der Waals surface area contributed by atoms with E-state index in [0.717, 1.165) is 12.3 Å². The van der Waals surface area contributed by atoms with Gasteiger partial charge in [-0.15, -0.1) is 12.4 Å². The largest absolute Gasteiger partial charge is 0.497 e. The SMILES string of the molecule is COc1cccc([C@H]2C[C@@H]2CN)c1.Cl. The van der Waals surface area contributed by atoms with Crippen LogP contribution in [-0.4, -0.2) is 13.7 Å². The zero-order chi connectivity index (χ0) is 9.26. The topological polar surface area (TPSA) is 35.2 Å². The van der Waals surface area contributed by atoms with Gasteiger partial charge in [-0.25, -0.2) is 0 Å². The molecule has 14 heavy (non-hydrogen) atoms. The van der Waals surface area contributed by atoms with Gasteiger partial charge in [0.05, 0.1) is 7.11 Å². The zero-order valence-corrected chi connectivity index (χ0v) is 9.09. The fraction of sp³-hybridized carbons (Fsp3) is 0.455. The quantitative estimate of drug-likeness (QED) is 0.836. The minimum absolute atomic E-state index is 0. The van der Waals surface area contributed by atoms with Crippen LogP contribution in [0.5, 0.6) is 5.75 Å². The molecular weight excluding hydrogens is 198 g/mol. The number of ether oxygens (including phenoxy) is 1. The number of benzene rings is 1. The second kappa shape index (κ2) is 4.67. The zero-order valence-electron chi connectivity index (χ0n) is 8.27. The van der Waals surface area contributed by atoms with E-state index in [1.54, 1.807) is 7.11 Å². The summed E-state index contributed by atoms with van der Waals surface area (Å²) in [5, 5.41) is 0. The molecule has 1 aliphatic rings. The predicted molar refractivity (Wildman–Crippen MR) is 60.1 cm³/mol. The van der Waals surface area contributed by atoms with Crippen LogP contribution >= 0.6 is 12.4 Å². The molecule has 1 fully saturated rings. The van der Waals surface area contributed by atoms with E-state index < -0.39 is 0 Å². The third-order valence-electron chi connectivity index (χ3n) is 2.75. The molecule has 0 aromatic heterocycles. The molecule has 2 rings (SSSR count). The van der Waals surface area contributed by atoms with Crippen LogP contribution in [0.1, 0.15) is 17.9 Å². The lowest BCUT2D eigenvalue weighted by atomic mass is 10.1. The third-order valence-corrected chi connectivity index (χ3v) is 2.75. The summed E-state index contributed by atoms with van der Waals surface area (Å²) in [4.78, 5) is 0. The van der Waals surface area contributed by atoms with Gasteiger partial charge in [0.1, 0.15) is 5.75 Å². The van der Waals surface area contributed by atoms with Crippen LogP contribution in [-0.2, 0) is 0 Å². The maximum absolute atomic E-state index is 5.60. The van der Waals surface area contributed by atoms with E-state index in [1.165, 1.54) is 12.0 Å². The monoisotopic (exact) mass is 213 g/mol. The molecule has 0 heterocycles. The maximum Gasteiger partial charge on any atom is 0.119 e. The Morgan fingerprint density at radius 3 is 2.86 bits per heavy atom. The molecule has 1 saturated carbocycles. The lowest BCUT2D eigenvalue weighted by molar-refractivity contribution is 0.414. The van der Waals surface area contributed by atoms with Gasteiger partial charge in [-0.3, -0.25) is 0 Å². The summed E-state index contributed by atoms with van der Waals surface area (Å²) in [7, 11) is 1.70. The number of halogens is 1. The van der Waals surface area contributed by atoms with Crippen molar-refractivity contribution in [3.8, 4) is 5.75 Å². The van der Waals surface area contributed by atoms with E-state index >= 15 is 0 Å². The van der Waals surface area contributed by atoms with Gasteiger partial charge in [0.25, 0.3) is 0 Å². The molecule has 1 aromatic rings. The molecule has 0 amide bonds. The van der Waals surface area contributed by atoms with Gasteiger partial charge in [0, 0.05) is 0 Å². The molecule has 1 aliphatic carbocycles. The smallest absolute Gasteiger partial charge is 0.119 e. The van der Waals surface area contributed by atoms with Crippen LogP contribution in [0.15, 0.2) is 24.3 Å². The van der Waals surface area contributed by atoms with Gasteiger partial charge < -0.3 is 10.5 Å². The second-order valence-electron chi connectivity index (χ2n) is 3.61. The van der Waals surface area contributed by atoms with Crippen molar-refractivity contribution in [2.75, 3.05) is 13.7 Å². The Kier molecular flexibility index (Phi) is 3.78. The van der Waals surface area contributed by atoms with Gasteiger partial charge >= 0.3 is 0 Å². The molecule has 2 nitrogen and oxygen atoms in total. The Bertz CT molecular complexity index is 303. The number of methoxy groups -OCH3 is 1. The highest BCUT2D eigenvalue weighted by molar-refractivity contribution is 5.85. The molecule has 3 heteroatoms. The summed E-state index contributed by atoms with van der Waals surface area (Å²) < 4.78 is 5.17. The van der Waals surface area contributed by atoms with Gasteiger partial charge in [-0.05, 0) is 42.5 Å². The standard InChI is InChI=1S/C11H15NO.ClH/c1-13-10-4-2-3-8(5-10)11-6-9(11)7-12;/h2-5,9,11H,6-7,12H2,1H3;1H/t9-,11-;/m1./s1. The fourth-order valence-electron chi connectivity index (χ4n) is 1.79. The molecular formula is C11H16ClNO. The highest BCUT2D eigenvalue weighted by Crippen LogP contribution is 2.47. The molecule has 0 saturated heterocycles. The Morgan fingerprint density at radius 2 is 2.29 bits per heavy atom. The van der Waals surface area contributed by atoms with E-state index in [-0.39, 0.29) is 12.4 Å². The first kappa shape index (κ1) is 11.3. The molecule has 1 aromatic carbocycles. The van der Waals surface area contributed by atoms with Crippen molar-refractivity contribution >= 4 is 12.4 Å². The van der Waals surface area contributed by atoms with Crippen LogP contribution in [0.3, 0.4) is 0 Å². The molecule has 2 N–H and O–H groups in total. The van der Waals surface area contributed by atoms with Crippen molar-refractivity contribution in [2.24, 2.45) is 11.7 Å². The number of hydrogen-bond donors (Lipinski definition) is 1. The summed E-state index contributed by atoms with van der Waals surface area (Å²) in [5.41, 5.74) is 6.97. The maximum atomic E-state index is 5.60. The Balaban J connectivity index is 0.000000980. The lowest BCUT2D eigenvalue weighted by Gasteiger charge is -2.02. The van der Waals surface area contributed by atoms with E-state index in [4.69, 9.17) is 10.5 Å². The first-order valence-electron chi connectivity index (χ1n) is 4.69. The van der Waals surface area contributed by atoms with Crippen molar-refractivity contribution in [3.63, 3.8) is 0 Å². The van der Waals surface area contributed by atoms with Crippen LogP contribution < -0.4 is 10.5 Å². The highest BCUT2D eigenvalue weighted by Gasteiger charge is 2.36. The average Bonchev–Trinajstić information content (AvgIpc) is 2.97. The molecule has 0 aliphatic heterocycles. The van der Waals surface area contributed by atoms with E-state index in [2.05, 4.69) is 12.1 Å².